The number of aryl methyl sites for hydroxylation is 3. The van der Waals surface area contributed by atoms with Crippen molar-refractivity contribution in [3.05, 3.63) is 40.1 Å². The summed E-state index contributed by atoms with van der Waals surface area (Å²) in [6, 6.07) is 4.48. The van der Waals surface area contributed by atoms with E-state index < -0.39 is 0 Å². The van der Waals surface area contributed by atoms with E-state index in [1.807, 2.05) is 30.8 Å². The van der Waals surface area contributed by atoms with Gasteiger partial charge in [0.1, 0.15) is 5.82 Å². The second-order valence-corrected chi connectivity index (χ2v) is 5.46. The molecule has 1 atom stereocenters. The van der Waals surface area contributed by atoms with Crippen LogP contribution in [0, 0.1) is 0 Å². The van der Waals surface area contributed by atoms with Crippen LogP contribution in [-0.2, 0) is 19.9 Å². The standard InChI is InChI=1S/C13H19N3S/c1-3-10-4-6-12(17-10)11(14)5-7-13-15-8-9-16(13)2/h4,6,8-9,11H,3,5,7,14H2,1-2H3. The van der Waals surface area contributed by atoms with Gasteiger partial charge < -0.3 is 10.3 Å². The van der Waals surface area contributed by atoms with E-state index in [0.717, 1.165) is 25.1 Å². The fourth-order valence-electron chi connectivity index (χ4n) is 1.85. The van der Waals surface area contributed by atoms with Crippen molar-refractivity contribution in [1.82, 2.24) is 9.55 Å². The number of imidazole rings is 1. The molecule has 17 heavy (non-hydrogen) atoms. The zero-order valence-corrected chi connectivity index (χ0v) is 11.2. The molecule has 0 bridgehead atoms. The number of thiophene rings is 1. The molecule has 1 unspecified atom stereocenters. The molecule has 2 aromatic heterocycles. The van der Waals surface area contributed by atoms with E-state index in [0.29, 0.717) is 0 Å². The molecule has 2 N–H and O–H groups in total. The van der Waals surface area contributed by atoms with Gasteiger partial charge in [-0.3, -0.25) is 0 Å². The Bertz CT molecular complexity index is 472. The maximum Gasteiger partial charge on any atom is 0.108 e. The van der Waals surface area contributed by atoms with Crippen LogP contribution in [0.3, 0.4) is 0 Å². The third-order valence-corrected chi connectivity index (χ3v) is 4.36. The van der Waals surface area contributed by atoms with E-state index in [1.165, 1.54) is 9.75 Å². The van der Waals surface area contributed by atoms with Crippen LogP contribution in [0.2, 0.25) is 0 Å². The van der Waals surface area contributed by atoms with Crippen molar-refractivity contribution in [2.24, 2.45) is 12.8 Å². The zero-order valence-electron chi connectivity index (χ0n) is 10.4. The van der Waals surface area contributed by atoms with Crippen LogP contribution in [0.1, 0.15) is 35.0 Å². The largest absolute Gasteiger partial charge is 0.338 e. The fraction of sp³-hybridized carbons (Fsp3) is 0.462. The SMILES string of the molecule is CCc1ccc(C(N)CCc2nccn2C)s1. The van der Waals surface area contributed by atoms with Gasteiger partial charge in [-0.1, -0.05) is 6.92 Å². The highest BCUT2D eigenvalue weighted by Gasteiger charge is 2.10. The number of rotatable bonds is 5. The van der Waals surface area contributed by atoms with Crippen LogP contribution in [0.15, 0.2) is 24.5 Å². The molecule has 92 valence electrons. The molecule has 2 heterocycles. The molecule has 0 aromatic carbocycles. The van der Waals surface area contributed by atoms with Crippen LogP contribution >= 0.6 is 11.3 Å². The van der Waals surface area contributed by atoms with Gasteiger partial charge in [0, 0.05) is 41.7 Å². The summed E-state index contributed by atoms with van der Waals surface area (Å²) in [4.78, 5) is 7.01. The Morgan fingerprint density at radius 2 is 2.29 bits per heavy atom. The molecular formula is C13H19N3S. The van der Waals surface area contributed by atoms with E-state index in [1.54, 1.807) is 0 Å². The lowest BCUT2D eigenvalue weighted by Gasteiger charge is -2.09. The number of hydrogen-bond donors (Lipinski definition) is 1. The van der Waals surface area contributed by atoms with Gasteiger partial charge in [0.15, 0.2) is 0 Å². The Labute approximate surface area is 106 Å². The molecular weight excluding hydrogens is 230 g/mol. The lowest BCUT2D eigenvalue weighted by atomic mass is 10.1. The Kier molecular flexibility index (Phi) is 3.97. The van der Waals surface area contributed by atoms with Gasteiger partial charge in [-0.05, 0) is 25.0 Å². The predicted octanol–water partition coefficient (Wildman–Crippen LogP) is 2.68. The van der Waals surface area contributed by atoms with E-state index in [-0.39, 0.29) is 6.04 Å². The molecule has 0 aliphatic carbocycles. The molecule has 0 amide bonds. The molecule has 0 aliphatic heterocycles. The number of nitrogens with two attached hydrogens (primary N) is 1. The van der Waals surface area contributed by atoms with Gasteiger partial charge in [0.2, 0.25) is 0 Å². The summed E-state index contributed by atoms with van der Waals surface area (Å²) in [7, 11) is 2.02. The highest BCUT2D eigenvalue weighted by atomic mass is 32.1. The predicted molar refractivity (Wildman–Crippen MR) is 72.2 cm³/mol. The second kappa shape index (κ2) is 5.47. The summed E-state index contributed by atoms with van der Waals surface area (Å²) in [6.45, 7) is 2.18. The van der Waals surface area contributed by atoms with Crippen LogP contribution in [0.25, 0.3) is 0 Å². The first kappa shape index (κ1) is 12.3. The normalized spacial score (nSPS) is 12.9. The lowest BCUT2D eigenvalue weighted by molar-refractivity contribution is 0.629. The molecule has 0 fully saturated rings. The van der Waals surface area contributed by atoms with Gasteiger partial charge >= 0.3 is 0 Å². The maximum absolute atomic E-state index is 6.20. The summed E-state index contributed by atoms with van der Waals surface area (Å²) < 4.78 is 2.05. The molecule has 3 nitrogen and oxygen atoms in total. The van der Waals surface area contributed by atoms with Crippen LogP contribution in [-0.4, -0.2) is 9.55 Å². The molecule has 0 aliphatic rings. The van der Waals surface area contributed by atoms with E-state index in [4.69, 9.17) is 5.73 Å². The van der Waals surface area contributed by atoms with Crippen molar-refractivity contribution in [2.45, 2.75) is 32.2 Å². The summed E-state index contributed by atoms with van der Waals surface area (Å²) in [5.41, 5.74) is 6.20. The molecule has 0 saturated heterocycles. The van der Waals surface area contributed by atoms with E-state index in [9.17, 15) is 0 Å². The van der Waals surface area contributed by atoms with Gasteiger partial charge in [-0.2, -0.15) is 0 Å². The van der Waals surface area contributed by atoms with Gasteiger partial charge in [-0.15, -0.1) is 11.3 Å². The number of nitrogens with zero attached hydrogens (tertiary/aromatic N) is 2. The smallest absolute Gasteiger partial charge is 0.108 e. The molecule has 4 heteroatoms. The first-order chi connectivity index (χ1) is 8.20. The van der Waals surface area contributed by atoms with Crippen molar-refractivity contribution in [1.29, 1.82) is 0 Å². The monoisotopic (exact) mass is 249 g/mol. The van der Waals surface area contributed by atoms with Crippen LogP contribution in [0.5, 0.6) is 0 Å². The fourth-order valence-corrected chi connectivity index (χ4v) is 2.84. The van der Waals surface area contributed by atoms with E-state index in [2.05, 4.69) is 28.6 Å². The molecule has 2 aromatic rings. The average molecular weight is 249 g/mol. The van der Waals surface area contributed by atoms with Crippen molar-refractivity contribution < 1.29 is 0 Å². The number of aromatic nitrogens is 2. The molecule has 0 spiro atoms. The third-order valence-electron chi connectivity index (χ3n) is 3.00. The summed E-state index contributed by atoms with van der Waals surface area (Å²) in [6.07, 6.45) is 6.79. The zero-order chi connectivity index (χ0) is 12.3. The third kappa shape index (κ3) is 2.96. The Hall–Kier alpha value is -1.13. The van der Waals surface area contributed by atoms with Gasteiger partial charge in [0.05, 0.1) is 0 Å². The summed E-state index contributed by atoms with van der Waals surface area (Å²) >= 11 is 1.83. The Morgan fingerprint density at radius 3 is 2.88 bits per heavy atom. The van der Waals surface area contributed by atoms with Crippen molar-refractivity contribution in [3.8, 4) is 0 Å². The first-order valence-electron chi connectivity index (χ1n) is 6.01. The maximum atomic E-state index is 6.20. The average Bonchev–Trinajstić information content (AvgIpc) is 2.94. The lowest BCUT2D eigenvalue weighted by Crippen LogP contribution is -2.11. The molecule has 0 radical (unpaired) electrons. The van der Waals surface area contributed by atoms with Crippen LogP contribution < -0.4 is 5.73 Å². The highest BCUT2D eigenvalue weighted by Crippen LogP contribution is 2.25. The summed E-state index contributed by atoms with van der Waals surface area (Å²) in [5.74, 6) is 1.10. The minimum absolute atomic E-state index is 0.136. The first-order valence-corrected chi connectivity index (χ1v) is 6.82. The van der Waals surface area contributed by atoms with Crippen molar-refractivity contribution in [3.63, 3.8) is 0 Å². The quantitative estimate of drug-likeness (QED) is 0.885. The van der Waals surface area contributed by atoms with Crippen molar-refractivity contribution >= 4 is 11.3 Å². The number of hydrogen-bond acceptors (Lipinski definition) is 3. The van der Waals surface area contributed by atoms with Crippen molar-refractivity contribution in [2.75, 3.05) is 0 Å². The van der Waals surface area contributed by atoms with Crippen LogP contribution in [0.4, 0.5) is 0 Å². The molecule has 2 rings (SSSR count). The minimum Gasteiger partial charge on any atom is -0.338 e. The second-order valence-electron chi connectivity index (χ2n) is 4.26. The minimum atomic E-state index is 0.136. The highest BCUT2D eigenvalue weighted by molar-refractivity contribution is 7.12. The van der Waals surface area contributed by atoms with Gasteiger partial charge in [0.25, 0.3) is 0 Å². The topological polar surface area (TPSA) is 43.8 Å². The summed E-state index contributed by atoms with van der Waals surface area (Å²) in [5, 5.41) is 0. The van der Waals surface area contributed by atoms with E-state index >= 15 is 0 Å². The Morgan fingerprint density at radius 1 is 1.47 bits per heavy atom. The van der Waals surface area contributed by atoms with Gasteiger partial charge in [-0.25, -0.2) is 4.98 Å². The Balaban J connectivity index is 1.93. The molecule has 0 saturated carbocycles.